The first-order valence-corrected chi connectivity index (χ1v) is 6.88. The van der Waals surface area contributed by atoms with Gasteiger partial charge in [-0.1, -0.05) is 12.1 Å². The number of hydrogen-bond acceptors (Lipinski definition) is 4. The summed E-state index contributed by atoms with van der Waals surface area (Å²) in [6.07, 6.45) is 5.41. The number of imidazole rings is 1. The van der Waals surface area contributed by atoms with Crippen LogP contribution in [0.15, 0.2) is 43.0 Å². The van der Waals surface area contributed by atoms with Crippen LogP contribution in [0.4, 0.5) is 0 Å². The van der Waals surface area contributed by atoms with E-state index in [1.165, 1.54) is 7.11 Å². The SMILES string of the molecule is COC(=O)C(C)(C)NC(C)c1ccc(-n2ccnc2)cc1. The minimum absolute atomic E-state index is 0.0379. The number of methoxy groups -OCH3 is 1. The fourth-order valence-electron chi connectivity index (χ4n) is 2.29. The molecule has 1 N–H and O–H groups in total. The zero-order valence-corrected chi connectivity index (χ0v) is 12.8. The Morgan fingerprint density at radius 1 is 1.33 bits per heavy atom. The predicted octanol–water partition coefficient (Wildman–Crippen LogP) is 2.47. The van der Waals surface area contributed by atoms with Gasteiger partial charge in [-0.3, -0.25) is 10.1 Å². The molecule has 1 aromatic heterocycles. The lowest BCUT2D eigenvalue weighted by atomic mass is 10.0. The molecule has 112 valence electrons. The number of esters is 1. The summed E-state index contributed by atoms with van der Waals surface area (Å²) in [6.45, 7) is 5.65. The average molecular weight is 287 g/mol. The van der Waals surface area contributed by atoms with E-state index in [0.717, 1.165) is 11.3 Å². The zero-order chi connectivity index (χ0) is 15.5. The third-order valence-corrected chi connectivity index (χ3v) is 3.47. The summed E-state index contributed by atoms with van der Waals surface area (Å²) >= 11 is 0. The Balaban J connectivity index is 2.10. The summed E-state index contributed by atoms with van der Waals surface area (Å²) < 4.78 is 6.75. The van der Waals surface area contributed by atoms with Crippen molar-refractivity contribution < 1.29 is 9.53 Å². The molecule has 0 radical (unpaired) electrons. The number of ether oxygens (including phenoxy) is 1. The van der Waals surface area contributed by atoms with Crippen LogP contribution in [-0.2, 0) is 9.53 Å². The van der Waals surface area contributed by atoms with E-state index in [1.807, 2.05) is 55.8 Å². The predicted molar refractivity (Wildman–Crippen MR) is 81.2 cm³/mol. The number of carbonyl (C=O) groups excluding carboxylic acids is 1. The fourth-order valence-corrected chi connectivity index (χ4v) is 2.29. The summed E-state index contributed by atoms with van der Waals surface area (Å²) in [6, 6.07) is 8.18. The molecular weight excluding hydrogens is 266 g/mol. The Labute approximate surface area is 125 Å². The van der Waals surface area contributed by atoms with E-state index >= 15 is 0 Å². The van der Waals surface area contributed by atoms with Crippen molar-refractivity contribution in [2.45, 2.75) is 32.4 Å². The average Bonchev–Trinajstić information content (AvgIpc) is 3.00. The van der Waals surface area contributed by atoms with Crippen molar-refractivity contribution in [1.82, 2.24) is 14.9 Å². The van der Waals surface area contributed by atoms with Gasteiger partial charge in [0.1, 0.15) is 5.54 Å². The van der Waals surface area contributed by atoms with Crippen LogP contribution in [0.5, 0.6) is 0 Å². The van der Waals surface area contributed by atoms with Crippen molar-refractivity contribution in [2.75, 3.05) is 7.11 Å². The molecule has 5 heteroatoms. The van der Waals surface area contributed by atoms with Crippen LogP contribution in [0.3, 0.4) is 0 Å². The number of rotatable bonds is 5. The van der Waals surface area contributed by atoms with Crippen molar-refractivity contribution in [1.29, 1.82) is 0 Å². The van der Waals surface area contributed by atoms with Crippen LogP contribution in [0.1, 0.15) is 32.4 Å². The van der Waals surface area contributed by atoms with E-state index in [4.69, 9.17) is 4.74 Å². The Morgan fingerprint density at radius 3 is 2.52 bits per heavy atom. The topological polar surface area (TPSA) is 56.1 Å². The van der Waals surface area contributed by atoms with Gasteiger partial charge in [0.25, 0.3) is 0 Å². The van der Waals surface area contributed by atoms with E-state index in [-0.39, 0.29) is 12.0 Å². The van der Waals surface area contributed by atoms with E-state index in [1.54, 1.807) is 12.5 Å². The van der Waals surface area contributed by atoms with Gasteiger partial charge >= 0.3 is 5.97 Å². The first-order valence-electron chi connectivity index (χ1n) is 6.88. The largest absolute Gasteiger partial charge is 0.468 e. The highest BCUT2D eigenvalue weighted by atomic mass is 16.5. The maximum atomic E-state index is 11.7. The molecule has 0 aliphatic carbocycles. The van der Waals surface area contributed by atoms with Gasteiger partial charge in [-0.15, -0.1) is 0 Å². The molecule has 0 spiro atoms. The second-order valence-electron chi connectivity index (χ2n) is 5.54. The normalized spacial score (nSPS) is 13.0. The maximum Gasteiger partial charge on any atom is 0.325 e. The number of hydrogen-bond donors (Lipinski definition) is 1. The van der Waals surface area contributed by atoms with Crippen molar-refractivity contribution in [3.05, 3.63) is 48.5 Å². The lowest BCUT2D eigenvalue weighted by Crippen LogP contribution is -2.48. The molecule has 1 unspecified atom stereocenters. The quantitative estimate of drug-likeness (QED) is 0.858. The smallest absolute Gasteiger partial charge is 0.325 e. The molecule has 0 fully saturated rings. The minimum atomic E-state index is -0.725. The Bertz CT molecular complexity index is 588. The van der Waals surface area contributed by atoms with E-state index in [9.17, 15) is 4.79 Å². The van der Waals surface area contributed by atoms with Gasteiger partial charge in [-0.25, -0.2) is 4.98 Å². The van der Waals surface area contributed by atoms with Crippen molar-refractivity contribution in [3.8, 4) is 5.69 Å². The monoisotopic (exact) mass is 287 g/mol. The number of aromatic nitrogens is 2. The molecule has 0 amide bonds. The van der Waals surface area contributed by atoms with Gasteiger partial charge in [-0.05, 0) is 38.5 Å². The van der Waals surface area contributed by atoms with E-state index < -0.39 is 5.54 Å². The lowest BCUT2D eigenvalue weighted by Gasteiger charge is -2.27. The molecule has 5 nitrogen and oxygen atoms in total. The molecule has 1 heterocycles. The highest BCUT2D eigenvalue weighted by molar-refractivity contribution is 5.79. The minimum Gasteiger partial charge on any atom is -0.468 e. The molecule has 0 aliphatic rings. The molecule has 0 aliphatic heterocycles. The zero-order valence-electron chi connectivity index (χ0n) is 12.8. The Kier molecular flexibility index (Phi) is 4.43. The molecule has 1 aromatic carbocycles. The third kappa shape index (κ3) is 3.49. The molecular formula is C16H21N3O2. The van der Waals surface area contributed by atoms with Crippen molar-refractivity contribution in [3.63, 3.8) is 0 Å². The van der Waals surface area contributed by atoms with Crippen LogP contribution >= 0.6 is 0 Å². The summed E-state index contributed by atoms with van der Waals surface area (Å²) in [5.74, 6) is -0.274. The van der Waals surface area contributed by atoms with Crippen LogP contribution in [0, 0.1) is 0 Å². The first-order chi connectivity index (χ1) is 9.94. The van der Waals surface area contributed by atoms with Crippen LogP contribution in [0.25, 0.3) is 5.69 Å². The van der Waals surface area contributed by atoms with Crippen molar-refractivity contribution >= 4 is 5.97 Å². The summed E-state index contributed by atoms with van der Waals surface area (Å²) in [5.41, 5.74) is 1.43. The van der Waals surface area contributed by atoms with E-state index in [0.29, 0.717) is 0 Å². The lowest BCUT2D eigenvalue weighted by molar-refractivity contribution is -0.147. The van der Waals surface area contributed by atoms with Gasteiger partial charge in [-0.2, -0.15) is 0 Å². The number of nitrogens with one attached hydrogen (secondary N) is 1. The van der Waals surface area contributed by atoms with Crippen LogP contribution < -0.4 is 5.32 Å². The van der Waals surface area contributed by atoms with Gasteiger partial charge in [0.05, 0.1) is 13.4 Å². The highest BCUT2D eigenvalue weighted by Gasteiger charge is 2.30. The standard InChI is InChI=1S/C16H21N3O2/c1-12(18-16(2,3)15(20)21-4)13-5-7-14(8-6-13)19-10-9-17-11-19/h5-12,18H,1-4H3. The molecule has 0 bridgehead atoms. The summed E-state index contributed by atoms with van der Waals surface area (Å²) in [4.78, 5) is 15.7. The maximum absolute atomic E-state index is 11.7. The summed E-state index contributed by atoms with van der Waals surface area (Å²) in [7, 11) is 1.40. The Morgan fingerprint density at radius 2 is 2.00 bits per heavy atom. The van der Waals surface area contributed by atoms with Crippen LogP contribution in [0.2, 0.25) is 0 Å². The second kappa shape index (κ2) is 6.10. The first kappa shape index (κ1) is 15.3. The highest BCUT2D eigenvalue weighted by Crippen LogP contribution is 2.19. The van der Waals surface area contributed by atoms with Crippen molar-refractivity contribution in [2.24, 2.45) is 0 Å². The van der Waals surface area contributed by atoms with Gasteiger partial charge in [0.15, 0.2) is 0 Å². The molecule has 21 heavy (non-hydrogen) atoms. The molecule has 1 atom stereocenters. The number of nitrogens with zero attached hydrogens (tertiary/aromatic N) is 2. The molecule has 2 rings (SSSR count). The van der Waals surface area contributed by atoms with Gasteiger partial charge < -0.3 is 9.30 Å². The Hall–Kier alpha value is -2.14. The fraction of sp³-hybridized carbons (Fsp3) is 0.375. The number of carbonyl (C=O) groups is 1. The molecule has 0 saturated heterocycles. The van der Waals surface area contributed by atoms with Gasteiger partial charge in [0.2, 0.25) is 0 Å². The van der Waals surface area contributed by atoms with E-state index in [2.05, 4.69) is 10.3 Å². The second-order valence-corrected chi connectivity index (χ2v) is 5.54. The third-order valence-electron chi connectivity index (χ3n) is 3.47. The molecule has 2 aromatic rings. The molecule has 0 saturated carbocycles. The summed E-state index contributed by atoms with van der Waals surface area (Å²) in [5, 5.41) is 3.28. The number of benzene rings is 1. The van der Waals surface area contributed by atoms with Gasteiger partial charge in [0, 0.05) is 24.1 Å². The van der Waals surface area contributed by atoms with Crippen LogP contribution in [-0.4, -0.2) is 28.2 Å².